The third-order valence-corrected chi connectivity index (χ3v) is 8.42. The number of carboxylic acid groups (broad SMARTS) is 1. The topological polar surface area (TPSA) is 143 Å². The number of fused-ring (bicyclic) bond motifs is 5. The number of aliphatic carboxylic acids is 1. The van der Waals surface area contributed by atoms with Crippen molar-refractivity contribution < 1.29 is 9.90 Å². The predicted molar refractivity (Wildman–Crippen MR) is 182 cm³/mol. The fourth-order valence-corrected chi connectivity index (χ4v) is 6.20. The lowest BCUT2D eigenvalue weighted by molar-refractivity contribution is -0.132. The second kappa shape index (κ2) is 10.5. The van der Waals surface area contributed by atoms with Gasteiger partial charge in [0.2, 0.25) is 0 Å². The zero-order chi connectivity index (χ0) is 31.4. The molecule has 0 radical (unpaired) electrons. The summed E-state index contributed by atoms with van der Waals surface area (Å²) in [5, 5.41) is 18.3. The molecule has 6 N–H and O–H groups in total. The highest BCUT2D eigenvalue weighted by Gasteiger charge is 2.20. The Bertz CT molecular complexity index is 2420. The number of carboxylic acids is 1. The van der Waals surface area contributed by atoms with E-state index in [1.54, 1.807) is 12.1 Å². The molecule has 3 aromatic carbocycles. The fraction of sp³-hybridized carbons (Fsp3) is 0.0270. The standard InChI is InChI=1S/C37H27N7O2/c1-21-31(28-17-14-24(39-28)18-23(20-38)37(45)46)42-34-32(21)43-35-33-30(41-36(34)35)19-29(40-33)22-12-15-27(16-13-22)44(25-8-4-2-5-9-25)26-10-6-3-7-11-26/h2-19,39-43H,1H3,(H,45,46)/b23-18-. The number of hydrogen-bond acceptors (Lipinski definition) is 3. The second-order valence-electron chi connectivity index (χ2n) is 11.2. The van der Waals surface area contributed by atoms with Gasteiger partial charge in [0.15, 0.2) is 0 Å². The van der Waals surface area contributed by atoms with Crippen LogP contribution in [0.15, 0.2) is 109 Å². The van der Waals surface area contributed by atoms with Crippen LogP contribution < -0.4 is 4.90 Å². The van der Waals surface area contributed by atoms with Crippen LogP contribution in [0.4, 0.5) is 17.1 Å². The molecule has 5 aromatic heterocycles. The predicted octanol–water partition coefficient (Wildman–Crippen LogP) is 8.89. The Hall–Kier alpha value is -6.66. The normalized spacial score (nSPS) is 11.9. The van der Waals surface area contributed by atoms with Crippen LogP contribution in [0, 0.1) is 18.3 Å². The number of nitrogens with one attached hydrogen (secondary N) is 5. The third-order valence-electron chi connectivity index (χ3n) is 8.42. The van der Waals surface area contributed by atoms with Crippen LogP contribution in [0.5, 0.6) is 0 Å². The number of aryl methyl sites for hydroxylation is 1. The van der Waals surface area contributed by atoms with Crippen molar-refractivity contribution in [1.82, 2.24) is 24.9 Å². The van der Waals surface area contributed by atoms with E-state index in [0.717, 1.165) is 78.4 Å². The Morgan fingerprint density at radius 1 is 0.696 bits per heavy atom. The van der Waals surface area contributed by atoms with Crippen molar-refractivity contribution in [2.75, 3.05) is 4.90 Å². The van der Waals surface area contributed by atoms with E-state index in [2.05, 4.69) is 109 Å². The van der Waals surface area contributed by atoms with E-state index in [1.807, 2.05) is 25.1 Å². The van der Waals surface area contributed by atoms with Crippen molar-refractivity contribution in [3.63, 3.8) is 0 Å². The van der Waals surface area contributed by atoms with Gasteiger partial charge in [0.25, 0.3) is 0 Å². The molecule has 222 valence electrons. The van der Waals surface area contributed by atoms with Crippen molar-refractivity contribution >= 4 is 62.2 Å². The summed E-state index contributed by atoms with van der Waals surface area (Å²) >= 11 is 0. The molecule has 0 aliphatic heterocycles. The zero-order valence-corrected chi connectivity index (χ0v) is 24.6. The molecule has 0 atom stereocenters. The molecule has 0 aliphatic carbocycles. The number of para-hydroxylation sites is 2. The fourth-order valence-electron chi connectivity index (χ4n) is 6.20. The van der Waals surface area contributed by atoms with Gasteiger partial charge in [-0.2, -0.15) is 5.26 Å². The SMILES string of the molecule is Cc1c(-c2ccc(/C=C(/C#N)C(=O)O)[nH]2)[nH]c2c1[nH]c1c3[nH]c(-c4ccc(N(c5ccccc5)c5ccccc5)cc4)cc3[nH]c21. The number of nitriles is 1. The summed E-state index contributed by atoms with van der Waals surface area (Å²) in [5.41, 5.74) is 14.2. The Labute approximate surface area is 262 Å². The minimum atomic E-state index is -1.26. The summed E-state index contributed by atoms with van der Waals surface area (Å²) in [7, 11) is 0. The van der Waals surface area contributed by atoms with E-state index in [1.165, 1.54) is 6.08 Å². The zero-order valence-electron chi connectivity index (χ0n) is 24.6. The van der Waals surface area contributed by atoms with Gasteiger partial charge in [0, 0.05) is 34.0 Å². The molecule has 0 unspecified atom stereocenters. The van der Waals surface area contributed by atoms with Gasteiger partial charge in [-0.1, -0.05) is 48.5 Å². The Morgan fingerprint density at radius 2 is 1.33 bits per heavy atom. The molecule has 8 rings (SSSR count). The number of aromatic nitrogens is 5. The molecule has 0 bridgehead atoms. The van der Waals surface area contributed by atoms with E-state index in [4.69, 9.17) is 5.26 Å². The minimum Gasteiger partial charge on any atom is -0.477 e. The number of aromatic amines is 5. The van der Waals surface area contributed by atoms with Gasteiger partial charge in [-0.25, -0.2) is 4.79 Å². The van der Waals surface area contributed by atoms with Crippen LogP contribution in [-0.4, -0.2) is 36.0 Å². The van der Waals surface area contributed by atoms with Crippen LogP contribution in [-0.2, 0) is 4.79 Å². The van der Waals surface area contributed by atoms with Crippen molar-refractivity contribution in [3.8, 4) is 28.7 Å². The molecule has 8 aromatic rings. The van der Waals surface area contributed by atoms with Crippen LogP contribution in [0.3, 0.4) is 0 Å². The maximum Gasteiger partial charge on any atom is 0.346 e. The monoisotopic (exact) mass is 601 g/mol. The molecule has 0 aliphatic rings. The lowest BCUT2D eigenvalue weighted by atomic mass is 10.1. The number of carbonyl (C=O) groups is 1. The molecule has 46 heavy (non-hydrogen) atoms. The van der Waals surface area contributed by atoms with Crippen LogP contribution >= 0.6 is 0 Å². The second-order valence-corrected chi connectivity index (χ2v) is 11.2. The Morgan fingerprint density at radius 3 is 1.98 bits per heavy atom. The number of rotatable bonds is 7. The number of benzene rings is 3. The maximum absolute atomic E-state index is 11.2. The van der Waals surface area contributed by atoms with Gasteiger partial charge in [-0.15, -0.1) is 0 Å². The first-order chi connectivity index (χ1) is 22.5. The van der Waals surface area contributed by atoms with E-state index in [-0.39, 0.29) is 5.57 Å². The van der Waals surface area contributed by atoms with Gasteiger partial charge < -0.3 is 34.9 Å². The van der Waals surface area contributed by atoms with Gasteiger partial charge in [0.1, 0.15) is 11.6 Å². The van der Waals surface area contributed by atoms with E-state index in [0.29, 0.717) is 5.69 Å². The molecule has 9 nitrogen and oxygen atoms in total. The summed E-state index contributed by atoms with van der Waals surface area (Å²) in [4.78, 5) is 31.0. The van der Waals surface area contributed by atoms with Gasteiger partial charge in [0.05, 0.1) is 44.5 Å². The van der Waals surface area contributed by atoms with Crippen molar-refractivity contribution in [3.05, 3.63) is 120 Å². The van der Waals surface area contributed by atoms with Crippen molar-refractivity contribution in [1.29, 1.82) is 5.26 Å². The first-order valence-corrected chi connectivity index (χ1v) is 14.8. The molecular weight excluding hydrogens is 574 g/mol. The summed E-state index contributed by atoms with van der Waals surface area (Å²) in [6.07, 6.45) is 1.33. The molecular formula is C37H27N7O2. The highest BCUT2D eigenvalue weighted by atomic mass is 16.4. The van der Waals surface area contributed by atoms with Gasteiger partial charge >= 0.3 is 5.97 Å². The average molecular weight is 602 g/mol. The molecule has 0 amide bonds. The van der Waals surface area contributed by atoms with E-state index >= 15 is 0 Å². The summed E-state index contributed by atoms with van der Waals surface area (Å²) in [6, 6.07) is 36.8. The Balaban J connectivity index is 1.12. The summed E-state index contributed by atoms with van der Waals surface area (Å²) in [6.45, 7) is 2.03. The smallest absolute Gasteiger partial charge is 0.346 e. The van der Waals surface area contributed by atoms with E-state index in [9.17, 15) is 9.90 Å². The third kappa shape index (κ3) is 4.36. The number of H-pyrrole nitrogens is 5. The van der Waals surface area contributed by atoms with Crippen molar-refractivity contribution in [2.24, 2.45) is 0 Å². The Kier molecular flexibility index (Phi) is 6.15. The number of anilines is 3. The lowest BCUT2D eigenvalue weighted by Crippen LogP contribution is -2.09. The number of hydrogen-bond donors (Lipinski definition) is 6. The highest BCUT2D eigenvalue weighted by molar-refractivity contribution is 6.16. The molecule has 9 heteroatoms. The molecule has 0 saturated carbocycles. The number of nitrogens with zero attached hydrogens (tertiary/aromatic N) is 2. The average Bonchev–Trinajstić information content (AvgIpc) is 3.89. The summed E-state index contributed by atoms with van der Waals surface area (Å²) < 4.78 is 0. The molecule has 0 saturated heterocycles. The first kappa shape index (κ1) is 26.9. The summed E-state index contributed by atoms with van der Waals surface area (Å²) in [5.74, 6) is -1.26. The lowest BCUT2D eigenvalue weighted by Gasteiger charge is -2.25. The largest absolute Gasteiger partial charge is 0.477 e. The highest BCUT2D eigenvalue weighted by Crippen LogP contribution is 2.39. The quantitative estimate of drug-likeness (QED) is 0.0801. The first-order valence-electron chi connectivity index (χ1n) is 14.8. The minimum absolute atomic E-state index is 0.330. The maximum atomic E-state index is 11.2. The van der Waals surface area contributed by atoms with Crippen molar-refractivity contribution in [2.45, 2.75) is 6.92 Å². The molecule has 5 heterocycles. The van der Waals surface area contributed by atoms with Crippen LogP contribution in [0.25, 0.3) is 61.8 Å². The van der Waals surface area contributed by atoms with Gasteiger partial charge in [-0.3, -0.25) is 0 Å². The van der Waals surface area contributed by atoms with Crippen LogP contribution in [0.1, 0.15) is 11.3 Å². The molecule has 0 spiro atoms. The van der Waals surface area contributed by atoms with Crippen LogP contribution in [0.2, 0.25) is 0 Å². The molecule has 0 fully saturated rings. The van der Waals surface area contributed by atoms with E-state index < -0.39 is 5.97 Å². The van der Waals surface area contributed by atoms with Gasteiger partial charge in [-0.05, 0) is 73.2 Å².